The maximum atomic E-state index is 2.51. The van der Waals surface area contributed by atoms with Crippen LogP contribution in [0, 0.1) is 20.8 Å². The van der Waals surface area contributed by atoms with Crippen LogP contribution in [0.3, 0.4) is 0 Å². The number of benzene rings is 16. The van der Waals surface area contributed by atoms with Gasteiger partial charge in [-0.1, -0.05) is 291 Å². The van der Waals surface area contributed by atoms with E-state index in [0.717, 1.165) is 34.1 Å². The van der Waals surface area contributed by atoms with Gasteiger partial charge in [-0.15, -0.1) is 0 Å². The molecule has 0 aromatic heterocycles. The summed E-state index contributed by atoms with van der Waals surface area (Å²) < 4.78 is 0. The van der Waals surface area contributed by atoms with Gasteiger partial charge in [0.05, 0.1) is 10.8 Å². The lowest BCUT2D eigenvalue weighted by Gasteiger charge is -2.32. The van der Waals surface area contributed by atoms with Gasteiger partial charge in [0.1, 0.15) is 0 Å². The molecular weight excluding hydrogens is 1240 g/mol. The summed E-state index contributed by atoms with van der Waals surface area (Å²) >= 11 is 0. The van der Waals surface area contributed by atoms with Crippen LogP contribution in [0.4, 0.5) is 34.1 Å². The molecule has 4 aliphatic rings. The largest absolute Gasteiger partial charge is 0.310 e. The molecule has 0 unspecified atom stereocenters. The lowest BCUT2D eigenvalue weighted by molar-refractivity contribution is 0.794. The molecule has 0 aliphatic heterocycles. The van der Waals surface area contributed by atoms with Crippen molar-refractivity contribution >= 4 is 34.1 Å². The molecular formula is C101H70N2. The van der Waals surface area contributed by atoms with E-state index < -0.39 is 10.8 Å². The quantitative estimate of drug-likeness (QED) is 0.127. The van der Waals surface area contributed by atoms with E-state index in [4.69, 9.17) is 0 Å². The van der Waals surface area contributed by atoms with E-state index in [9.17, 15) is 0 Å². The van der Waals surface area contributed by atoms with Crippen molar-refractivity contribution in [2.75, 3.05) is 9.80 Å². The Morgan fingerprint density at radius 2 is 0.466 bits per heavy atom. The van der Waals surface area contributed by atoms with Gasteiger partial charge in [-0.05, 0) is 261 Å². The van der Waals surface area contributed by atoms with Crippen LogP contribution in [0.1, 0.15) is 61.2 Å². The van der Waals surface area contributed by atoms with Gasteiger partial charge in [0.2, 0.25) is 0 Å². The van der Waals surface area contributed by atoms with Crippen LogP contribution in [0.2, 0.25) is 0 Å². The number of aryl methyl sites for hydroxylation is 3. The molecule has 4 aliphatic carbocycles. The monoisotopic (exact) mass is 1310 g/mol. The summed E-state index contributed by atoms with van der Waals surface area (Å²) in [6.07, 6.45) is 0. The molecule has 16 aromatic carbocycles. The van der Waals surface area contributed by atoms with E-state index in [-0.39, 0.29) is 0 Å². The Labute approximate surface area is 603 Å². The summed E-state index contributed by atoms with van der Waals surface area (Å²) in [4.78, 5) is 4.88. The highest BCUT2D eigenvalue weighted by atomic mass is 15.1. The summed E-state index contributed by atoms with van der Waals surface area (Å²) in [5, 5.41) is 0. The Morgan fingerprint density at radius 3 is 0.913 bits per heavy atom. The molecule has 103 heavy (non-hydrogen) atoms. The molecule has 0 fully saturated rings. The highest BCUT2D eigenvalue weighted by Crippen LogP contribution is 2.66. The number of nitrogens with zero attached hydrogens (tertiary/aromatic N) is 2. The number of anilines is 6. The van der Waals surface area contributed by atoms with Gasteiger partial charge in [-0.25, -0.2) is 0 Å². The number of fused-ring (bicyclic) bond motifs is 20. The molecule has 0 bridgehead atoms. The molecule has 0 N–H and O–H groups in total. The molecule has 0 saturated heterocycles. The minimum absolute atomic E-state index is 0.532. The van der Waals surface area contributed by atoms with Crippen molar-refractivity contribution in [2.45, 2.75) is 31.6 Å². The third kappa shape index (κ3) is 9.27. The van der Waals surface area contributed by atoms with Gasteiger partial charge in [0.25, 0.3) is 0 Å². The zero-order valence-electron chi connectivity index (χ0n) is 57.6. The van der Waals surface area contributed by atoms with Crippen molar-refractivity contribution in [1.82, 2.24) is 0 Å². The van der Waals surface area contributed by atoms with Gasteiger partial charge in [-0.2, -0.15) is 0 Å². The highest BCUT2D eigenvalue weighted by molar-refractivity contribution is 6.00. The average Bonchev–Trinajstić information content (AvgIpc) is 1.51. The summed E-state index contributed by atoms with van der Waals surface area (Å²) in [5.41, 5.74) is 42.1. The minimum atomic E-state index is -0.553. The highest BCUT2D eigenvalue weighted by Gasteiger charge is 2.54. The first-order valence-electron chi connectivity index (χ1n) is 36.0. The topological polar surface area (TPSA) is 6.48 Å². The Bertz CT molecular complexity index is 5970. The lowest BCUT2D eigenvalue weighted by Crippen LogP contribution is -2.26. The van der Waals surface area contributed by atoms with Crippen LogP contribution in [0.15, 0.2) is 370 Å². The molecule has 2 nitrogen and oxygen atoms in total. The van der Waals surface area contributed by atoms with Gasteiger partial charge in [-0.3, -0.25) is 0 Å². The van der Waals surface area contributed by atoms with Crippen molar-refractivity contribution in [3.8, 4) is 100 Å². The fourth-order valence-electron chi connectivity index (χ4n) is 18.1. The number of hydrogen-bond acceptors (Lipinski definition) is 2. The van der Waals surface area contributed by atoms with Crippen LogP contribution in [0.5, 0.6) is 0 Å². The molecule has 0 atom stereocenters. The summed E-state index contributed by atoms with van der Waals surface area (Å²) in [5.74, 6) is 0. The third-order valence-corrected chi connectivity index (χ3v) is 22.8. The Kier molecular flexibility index (Phi) is 13.8. The van der Waals surface area contributed by atoms with Gasteiger partial charge < -0.3 is 9.80 Å². The Morgan fingerprint density at radius 1 is 0.165 bits per heavy atom. The maximum Gasteiger partial charge on any atom is 0.0726 e. The maximum absolute atomic E-state index is 2.51. The second-order valence-electron chi connectivity index (χ2n) is 28.4. The molecule has 2 heteroatoms. The van der Waals surface area contributed by atoms with Crippen molar-refractivity contribution in [3.63, 3.8) is 0 Å². The molecule has 0 heterocycles. The van der Waals surface area contributed by atoms with Crippen molar-refractivity contribution in [1.29, 1.82) is 0 Å². The molecule has 16 aromatic rings. The summed E-state index contributed by atoms with van der Waals surface area (Å²) in [6.45, 7) is 6.59. The molecule has 20 rings (SSSR count). The normalized spacial score (nSPS) is 13.2. The zero-order chi connectivity index (χ0) is 68.5. The zero-order valence-corrected chi connectivity index (χ0v) is 57.6. The smallest absolute Gasteiger partial charge is 0.0726 e. The van der Waals surface area contributed by atoms with Gasteiger partial charge in [0.15, 0.2) is 0 Å². The first-order valence-corrected chi connectivity index (χ1v) is 36.0. The van der Waals surface area contributed by atoms with E-state index in [2.05, 4.69) is 401 Å². The molecule has 484 valence electrons. The van der Waals surface area contributed by atoms with Crippen LogP contribution in [0.25, 0.3) is 100 Å². The third-order valence-electron chi connectivity index (χ3n) is 22.8. The first kappa shape index (κ1) is 60.1. The molecule has 0 saturated carbocycles. The van der Waals surface area contributed by atoms with Crippen LogP contribution >= 0.6 is 0 Å². The van der Waals surface area contributed by atoms with E-state index in [1.807, 2.05) is 0 Å². The van der Waals surface area contributed by atoms with E-state index in [0.29, 0.717) is 0 Å². The SMILES string of the molecule is Cc1ccc(N(c2ccc(C)c(-c3ccc(-c4ccc(-c5ccc6c(c5)C5(c7ccccc7-c7ccccc75)c5cc(N(c7ccccc7)c7cccc(C)c7)ccc5-6)cc4)cc3)c2)c2ccc3c(c2)C2(c4ccccc4-c4ccccc42)c2cc(-c4ccc(-c5ccccc5)cc4)ccc2-3)cc1. The fraction of sp³-hybridized carbons (Fsp3) is 0.0495. The van der Waals surface area contributed by atoms with Crippen molar-refractivity contribution < 1.29 is 0 Å². The predicted molar refractivity (Wildman–Crippen MR) is 430 cm³/mol. The first-order chi connectivity index (χ1) is 50.8. The number of rotatable bonds is 11. The summed E-state index contributed by atoms with van der Waals surface area (Å²) in [7, 11) is 0. The Balaban J connectivity index is 0.644. The predicted octanol–water partition coefficient (Wildman–Crippen LogP) is 26.6. The molecule has 2 spiro atoms. The van der Waals surface area contributed by atoms with Crippen molar-refractivity contribution in [2.24, 2.45) is 0 Å². The van der Waals surface area contributed by atoms with Gasteiger partial charge >= 0.3 is 0 Å². The standard InChI is InChI=1S/C101H70N2/c1-65-33-50-78(51-34-65)103(82-54-58-90-88-55-48-75(72-40-36-69(37-41-72)68-20-6-4-7-21-68)60-97(88)101(99(90)64-82)94-31-16-12-27-85(94)86-28-13-17-32-95(86)101)80-52-35-67(3)91(62-80)74-46-44-71(45-47-74)70-38-42-73(43-39-70)76-49-56-87-89-57-53-81(102(77-22-8-5-9-23-77)79-24-18-19-66(2)59-79)63-98(89)100(96(87)61-76)92-29-14-10-25-83(92)84-26-11-15-30-93(84)100/h4-64H,1-3H3. The van der Waals surface area contributed by atoms with E-state index in [1.165, 1.54) is 161 Å². The fourth-order valence-corrected chi connectivity index (χ4v) is 18.1. The van der Waals surface area contributed by atoms with E-state index in [1.54, 1.807) is 0 Å². The Hall–Kier alpha value is -12.9. The lowest BCUT2D eigenvalue weighted by atomic mass is 9.70. The van der Waals surface area contributed by atoms with Crippen LogP contribution in [-0.2, 0) is 10.8 Å². The van der Waals surface area contributed by atoms with Crippen LogP contribution in [-0.4, -0.2) is 0 Å². The number of hydrogen-bond donors (Lipinski definition) is 0. The average molecular weight is 1310 g/mol. The van der Waals surface area contributed by atoms with Gasteiger partial charge in [0, 0.05) is 34.1 Å². The second kappa shape index (κ2) is 23.6. The minimum Gasteiger partial charge on any atom is -0.310 e. The summed E-state index contributed by atoms with van der Waals surface area (Å²) in [6, 6.07) is 139. The number of para-hydroxylation sites is 1. The van der Waals surface area contributed by atoms with E-state index >= 15 is 0 Å². The molecule has 0 amide bonds. The van der Waals surface area contributed by atoms with Crippen molar-refractivity contribution in [3.05, 3.63) is 431 Å². The molecule has 0 radical (unpaired) electrons. The second-order valence-corrected chi connectivity index (χ2v) is 28.4. The van der Waals surface area contributed by atoms with Crippen LogP contribution < -0.4 is 9.80 Å².